The van der Waals surface area contributed by atoms with Crippen LogP contribution in [0.4, 0.5) is 9.59 Å². The molecule has 0 spiro atoms. The third-order valence-electron chi connectivity index (χ3n) is 5.40. The second-order valence-corrected chi connectivity index (χ2v) is 9.61. The van der Waals surface area contributed by atoms with Crippen molar-refractivity contribution in [1.82, 2.24) is 9.80 Å². The standard InChI is InChI=1S/C16H27N3O4.C10H18N2O4.ClH/c1-8-9-23-15(20)19(5)10-16(4)14(22-7)17-12(11(2)3)13(18-16)21-6;1-5-6-16-9(14)12(3)7-10(2,11)8(13)15-4;/h8,11-12H,1,9-10H2,2-7H3;5H,1,6-7,11H2,2-4H3;1H/t12-,16+;10-;/m10./s1. The highest BCUT2D eigenvalue weighted by molar-refractivity contribution is 5.97. The molecular formula is C26H46ClN5O8. The number of likely N-dealkylation sites (N-methyl/N-ethyl adjacent to an activating group) is 2. The molecule has 0 saturated heterocycles. The summed E-state index contributed by atoms with van der Waals surface area (Å²) in [6, 6.07) is -0.193. The second-order valence-electron chi connectivity index (χ2n) is 9.61. The third kappa shape index (κ3) is 11.8. The fourth-order valence-corrected chi connectivity index (χ4v) is 3.52. The van der Waals surface area contributed by atoms with Gasteiger partial charge < -0.3 is 39.2 Å². The maximum Gasteiger partial charge on any atom is 0.409 e. The van der Waals surface area contributed by atoms with Crippen molar-refractivity contribution < 1.29 is 38.1 Å². The molecule has 0 radical (unpaired) electrons. The zero-order valence-electron chi connectivity index (χ0n) is 25.1. The lowest BCUT2D eigenvalue weighted by Gasteiger charge is -2.35. The number of nitrogens with zero attached hydrogens (tertiary/aromatic N) is 4. The van der Waals surface area contributed by atoms with Gasteiger partial charge in [-0.05, 0) is 19.8 Å². The van der Waals surface area contributed by atoms with Crippen LogP contribution in [0.25, 0.3) is 0 Å². The molecule has 14 heteroatoms. The van der Waals surface area contributed by atoms with Crippen molar-refractivity contribution >= 4 is 42.4 Å². The van der Waals surface area contributed by atoms with E-state index in [0.29, 0.717) is 11.8 Å². The molecular weight excluding hydrogens is 546 g/mol. The fourth-order valence-electron chi connectivity index (χ4n) is 3.52. The number of esters is 1. The number of carbonyl (C=O) groups excluding carboxylic acids is 3. The average Bonchev–Trinajstić information content (AvgIpc) is 2.88. The number of carbonyl (C=O) groups is 3. The van der Waals surface area contributed by atoms with Gasteiger partial charge in [0.15, 0.2) is 5.54 Å². The fraction of sp³-hybridized carbons (Fsp3) is 0.654. The molecule has 0 aromatic rings. The molecule has 0 aromatic carbocycles. The Balaban J connectivity index is 0. The zero-order chi connectivity index (χ0) is 30.4. The number of ether oxygens (including phenoxy) is 5. The Kier molecular flexibility index (Phi) is 17.6. The van der Waals surface area contributed by atoms with E-state index in [1.54, 1.807) is 21.3 Å². The van der Waals surface area contributed by atoms with Gasteiger partial charge in [-0.2, -0.15) is 0 Å². The van der Waals surface area contributed by atoms with Gasteiger partial charge in [0.05, 0.1) is 34.4 Å². The van der Waals surface area contributed by atoms with Crippen LogP contribution in [-0.2, 0) is 28.5 Å². The van der Waals surface area contributed by atoms with Crippen LogP contribution in [0, 0.1) is 5.92 Å². The summed E-state index contributed by atoms with van der Waals surface area (Å²) in [6.45, 7) is 14.9. The Labute approximate surface area is 243 Å². The molecule has 0 aliphatic carbocycles. The average molecular weight is 592 g/mol. The lowest BCUT2D eigenvalue weighted by Crippen LogP contribution is -2.54. The minimum Gasteiger partial charge on any atom is -0.483 e. The van der Waals surface area contributed by atoms with Crippen LogP contribution in [0.2, 0.25) is 0 Å². The van der Waals surface area contributed by atoms with Crippen molar-refractivity contribution in [3.8, 4) is 0 Å². The van der Waals surface area contributed by atoms with E-state index < -0.39 is 29.2 Å². The minimum absolute atomic E-state index is 0. The molecule has 1 rings (SSSR count). The molecule has 13 nitrogen and oxygen atoms in total. The quantitative estimate of drug-likeness (QED) is 0.229. The minimum atomic E-state index is -1.25. The molecule has 3 atom stereocenters. The van der Waals surface area contributed by atoms with E-state index in [-0.39, 0.29) is 50.7 Å². The van der Waals surface area contributed by atoms with Crippen LogP contribution < -0.4 is 5.73 Å². The highest BCUT2D eigenvalue weighted by atomic mass is 35.5. The Morgan fingerprint density at radius 1 is 1.05 bits per heavy atom. The Bertz CT molecular complexity index is 925. The van der Waals surface area contributed by atoms with Gasteiger partial charge in [0.1, 0.15) is 24.8 Å². The van der Waals surface area contributed by atoms with E-state index in [4.69, 9.17) is 24.7 Å². The van der Waals surface area contributed by atoms with Crippen molar-refractivity contribution in [2.45, 2.75) is 44.8 Å². The second kappa shape index (κ2) is 18.1. The van der Waals surface area contributed by atoms with E-state index >= 15 is 0 Å². The lowest BCUT2D eigenvalue weighted by atomic mass is 9.96. The Morgan fingerprint density at radius 3 is 1.95 bits per heavy atom. The van der Waals surface area contributed by atoms with Crippen molar-refractivity contribution in [3.63, 3.8) is 0 Å². The van der Waals surface area contributed by atoms with Crippen LogP contribution in [0.15, 0.2) is 35.3 Å². The summed E-state index contributed by atoms with van der Waals surface area (Å²) in [5.74, 6) is 0.645. The van der Waals surface area contributed by atoms with E-state index in [9.17, 15) is 14.4 Å². The number of nitrogens with two attached hydrogens (primary N) is 1. The van der Waals surface area contributed by atoms with Crippen molar-refractivity contribution in [3.05, 3.63) is 25.3 Å². The molecule has 2 amide bonds. The van der Waals surface area contributed by atoms with E-state index in [2.05, 4.69) is 27.9 Å². The zero-order valence-corrected chi connectivity index (χ0v) is 25.9. The van der Waals surface area contributed by atoms with Gasteiger partial charge in [-0.15, -0.1) is 12.4 Å². The summed E-state index contributed by atoms with van der Waals surface area (Å²) in [7, 11) is 7.49. The monoisotopic (exact) mass is 591 g/mol. The smallest absolute Gasteiger partial charge is 0.409 e. The summed E-state index contributed by atoms with van der Waals surface area (Å²) in [6.07, 6.45) is 1.94. The highest BCUT2D eigenvalue weighted by Gasteiger charge is 2.41. The van der Waals surface area contributed by atoms with Gasteiger partial charge in [-0.25, -0.2) is 19.6 Å². The Morgan fingerprint density at radius 2 is 1.55 bits per heavy atom. The topological polar surface area (TPSA) is 155 Å². The molecule has 40 heavy (non-hydrogen) atoms. The maximum absolute atomic E-state index is 11.9. The summed E-state index contributed by atoms with van der Waals surface area (Å²) in [4.78, 5) is 46.5. The van der Waals surface area contributed by atoms with Gasteiger partial charge >= 0.3 is 18.2 Å². The van der Waals surface area contributed by atoms with Crippen molar-refractivity contribution in [2.24, 2.45) is 21.6 Å². The normalized spacial score (nSPS) is 19.0. The first-order chi connectivity index (χ1) is 18.1. The Hall–Kier alpha value is -3.32. The number of amides is 2. The molecule has 0 saturated carbocycles. The summed E-state index contributed by atoms with van der Waals surface area (Å²) in [5, 5.41) is 0. The molecule has 1 heterocycles. The number of rotatable bonds is 10. The first kappa shape index (κ1) is 38.8. The molecule has 2 N–H and O–H groups in total. The molecule has 0 fully saturated rings. The van der Waals surface area contributed by atoms with Crippen LogP contribution in [0.1, 0.15) is 27.7 Å². The number of hydrogen-bond acceptors (Lipinski definition) is 11. The molecule has 0 unspecified atom stereocenters. The molecule has 0 aromatic heterocycles. The number of aliphatic imine (C=N–C) groups is 2. The van der Waals surface area contributed by atoms with Crippen molar-refractivity contribution in [2.75, 3.05) is 61.7 Å². The first-order valence-electron chi connectivity index (χ1n) is 12.2. The maximum atomic E-state index is 11.9. The van der Waals surface area contributed by atoms with Crippen LogP contribution in [0.3, 0.4) is 0 Å². The summed E-state index contributed by atoms with van der Waals surface area (Å²) >= 11 is 0. The van der Waals surface area contributed by atoms with Gasteiger partial charge in [-0.3, -0.25) is 4.79 Å². The van der Waals surface area contributed by atoms with Gasteiger partial charge in [0, 0.05) is 14.1 Å². The highest BCUT2D eigenvalue weighted by Crippen LogP contribution is 2.25. The van der Waals surface area contributed by atoms with E-state index in [1.807, 2.05) is 20.8 Å². The van der Waals surface area contributed by atoms with Gasteiger partial charge in [0.25, 0.3) is 0 Å². The molecule has 230 valence electrons. The van der Waals surface area contributed by atoms with E-state index in [1.165, 1.54) is 43.0 Å². The summed E-state index contributed by atoms with van der Waals surface area (Å²) in [5.41, 5.74) is 3.61. The first-order valence-corrected chi connectivity index (χ1v) is 12.2. The van der Waals surface area contributed by atoms with Gasteiger partial charge in [-0.1, -0.05) is 39.2 Å². The van der Waals surface area contributed by atoms with Crippen LogP contribution in [-0.4, -0.2) is 119 Å². The summed E-state index contributed by atoms with van der Waals surface area (Å²) < 4.78 is 25.2. The van der Waals surface area contributed by atoms with Crippen molar-refractivity contribution in [1.29, 1.82) is 0 Å². The number of halogens is 1. The lowest BCUT2D eigenvalue weighted by molar-refractivity contribution is -0.146. The largest absolute Gasteiger partial charge is 0.483 e. The third-order valence-corrected chi connectivity index (χ3v) is 5.40. The molecule has 1 aliphatic rings. The molecule has 1 aliphatic heterocycles. The van der Waals surface area contributed by atoms with Crippen LogP contribution >= 0.6 is 12.4 Å². The number of methoxy groups -OCH3 is 3. The predicted molar refractivity (Wildman–Crippen MR) is 156 cm³/mol. The predicted octanol–water partition coefficient (Wildman–Crippen LogP) is 2.68. The van der Waals surface area contributed by atoms with Crippen LogP contribution in [0.5, 0.6) is 0 Å². The SMILES string of the molecule is C=CCOC(=O)N(C)C[C@](C)(N)C(=O)OC.C=CCOC(=O)N(C)C[C@]1(C)N=C(OC)[C@@H](C(C)C)N=C1OC.Cl. The number of hydrogen-bond donors (Lipinski definition) is 1. The van der Waals surface area contributed by atoms with Gasteiger partial charge in [0.2, 0.25) is 11.8 Å². The van der Waals surface area contributed by atoms with E-state index in [0.717, 1.165) is 0 Å². The molecule has 0 bridgehead atoms.